The van der Waals surface area contributed by atoms with E-state index in [0.29, 0.717) is 43.1 Å². The molecule has 1 N–H and O–H groups in total. The van der Waals surface area contributed by atoms with Gasteiger partial charge >= 0.3 is 0 Å². The number of hydrogen-bond acceptors (Lipinski definition) is 5. The molecule has 0 aliphatic rings. The molecular formula is C25H25N3O4. The van der Waals surface area contributed by atoms with Crippen LogP contribution in [-0.2, 0) is 31.0 Å². The quantitative estimate of drug-likeness (QED) is 0.456. The van der Waals surface area contributed by atoms with Crippen molar-refractivity contribution >= 4 is 16.9 Å². The molecule has 1 amide bonds. The SMILES string of the molecule is CCn1c(=O)c(C)nc2cc(C(=O)NCc3cccc(COCc4ccco4)c3)ccc21. The fraction of sp³-hybridized carbons (Fsp3) is 0.240. The molecule has 0 saturated carbocycles. The van der Waals surface area contributed by atoms with Crippen LogP contribution in [-0.4, -0.2) is 15.5 Å². The molecule has 2 aromatic carbocycles. The van der Waals surface area contributed by atoms with E-state index in [0.717, 1.165) is 22.4 Å². The second-order valence-electron chi connectivity index (χ2n) is 7.52. The van der Waals surface area contributed by atoms with E-state index in [9.17, 15) is 9.59 Å². The average molecular weight is 431 g/mol. The van der Waals surface area contributed by atoms with Crippen molar-refractivity contribution in [2.75, 3.05) is 0 Å². The van der Waals surface area contributed by atoms with Gasteiger partial charge in [0.1, 0.15) is 18.1 Å². The van der Waals surface area contributed by atoms with Crippen molar-refractivity contribution in [3.63, 3.8) is 0 Å². The number of nitrogens with one attached hydrogen (secondary N) is 1. The largest absolute Gasteiger partial charge is 0.467 e. The van der Waals surface area contributed by atoms with Crippen molar-refractivity contribution < 1.29 is 13.9 Å². The normalized spacial score (nSPS) is 11.1. The molecule has 0 aliphatic carbocycles. The summed E-state index contributed by atoms with van der Waals surface area (Å²) in [5.41, 5.74) is 4.17. The topological polar surface area (TPSA) is 86.4 Å². The van der Waals surface area contributed by atoms with Crippen LogP contribution >= 0.6 is 0 Å². The predicted octanol–water partition coefficient (Wildman–Crippen LogP) is 3.96. The Balaban J connectivity index is 1.40. The molecule has 32 heavy (non-hydrogen) atoms. The summed E-state index contributed by atoms with van der Waals surface area (Å²) in [6, 6.07) is 16.8. The number of ether oxygens (including phenoxy) is 1. The van der Waals surface area contributed by atoms with Crippen LogP contribution in [0.25, 0.3) is 11.0 Å². The molecule has 0 aliphatic heterocycles. The van der Waals surface area contributed by atoms with Gasteiger partial charge < -0.3 is 19.0 Å². The lowest BCUT2D eigenvalue weighted by atomic mass is 10.1. The van der Waals surface area contributed by atoms with Gasteiger partial charge in [-0.15, -0.1) is 0 Å². The molecule has 0 spiro atoms. The zero-order chi connectivity index (χ0) is 22.5. The second-order valence-corrected chi connectivity index (χ2v) is 7.52. The standard InChI is InChI=1S/C25H25N3O4/c1-3-28-23-10-9-20(13-22(23)27-17(2)25(28)30)24(29)26-14-18-6-4-7-19(12-18)15-31-16-21-8-5-11-32-21/h4-13H,3,14-16H2,1-2H3,(H,26,29). The molecular weight excluding hydrogens is 406 g/mol. The molecule has 0 bridgehead atoms. The number of nitrogens with zero attached hydrogens (tertiary/aromatic N) is 2. The molecule has 7 nitrogen and oxygen atoms in total. The van der Waals surface area contributed by atoms with Crippen molar-refractivity contribution in [2.24, 2.45) is 0 Å². The Morgan fingerprint density at radius 2 is 1.94 bits per heavy atom. The molecule has 4 rings (SSSR count). The summed E-state index contributed by atoms with van der Waals surface area (Å²) in [7, 11) is 0. The van der Waals surface area contributed by atoms with Gasteiger partial charge in [0.2, 0.25) is 0 Å². The number of aryl methyl sites for hydroxylation is 2. The summed E-state index contributed by atoms with van der Waals surface area (Å²) in [6.07, 6.45) is 1.62. The minimum atomic E-state index is -0.194. The van der Waals surface area contributed by atoms with Gasteiger partial charge in [-0.25, -0.2) is 4.98 Å². The van der Waals surface area contributed by atoms with E-state index >= 15 is 0 Å². The molecule has 0 unspecified atom stereocenters. The molecule has 4 aromatic rings. The first-order chi connectivity index (χ1) is 15.5. The van der Waals surface area contributed by atoms with Crippen molar-refractivity contribution in [1.82, 2.24) is 14.9 Å². The van der Waals surface area contributed by atoms with Crippen LogP contribution in [0, 0.1) is 6.92 Å². The Hall–Kier alpha value is -3.71. The first kappa shape index (κ1) is 21.5. The van der Waals surface area contributed by atoms with Crippen LogP contribution < -0.4 is 10.9 Å². The van der Waals surface area contributed by atoms with Crippen LogP contribution in [0.2, 0.25) is 0 Å². The summed E-state index contributed by atoms with van der Waals surface area (Å²) in [4.78, 5) is 29.3. The first-order valence-electron chi connectivity index (χ1n) is 10.5. The summed E-state index contributed by atoms with van der Waals surface area (Å²) in [6.45, 7) is 5.41. The fourth-order valence-corrected chi connectivity index (χ4v) is 3.61. The Morgan fingerprint density at radius 3 is 2.72 bits per heavy atom. The molecule has 2 aromatic heterocycles. The van der Waals surface area contributed by atoms with Crippen molar-refractivity contribution in [3.8, 4) is 0 Å². The zero-order valence-electron chi connectivity index (χ0n) is 18.1. The smallest absolute Gasteiger partial charge is 0.272 e. The Morgan fingerprint density at radius 1 is 1.09 bits per heavy atom. The van der Waals surface area contributed by atoms with Gasteiger partial charge in [0.05, 0.1) is 23.9 Å². The highest BCUT2D eigenvalue weighted by molar-refractivity contribution is 5.97. The Labute approximate surface area is 185 Å². The lowest BCUT2D eigenvalue weighted by Crippen LogP contribution is -2.25. The number of benzene rings is 2. The number of carbonyl (C=O) groups is 1. The summed E-state index contributed by atoms with van der Waals surface area (Å²) in [5.74, 6) is 0.587. The number of amides is 1. The zero-order valence-corrected chi connectivity index (χ0v) is 18.1. The number of hydrogen-bond donors (Lipinski definition) is 1. The first-order valence-corrected chi connectivity index (χ1v) is 10.5. The minimum absolute atomic E-state index is 0.106. The lowest BCUT2D eigenvalue weighted by Gasteiger charge is -2.11. The summed E-state index contributed by atoms with van der Waals surface area (Å²) < 4.78 is 12.6. The third kappa shape index (κ3) is 4.78. The van der Waals surface area contributed by atoms with Gasteiger partial charge in [0, 0.05) is 18.7 Å². The predicted molar refractivity (Wildman–Crippen MR) is 121 cm³/mol. The average Bonchev–Trinajstić information content (AvgIpc) is 3.32. The maximum atomic E-state index is 12.7. The molecule has 7 heteroatoms. The molecule has 0 fully saturated rings. The minimum Gasteiger partial charge on any atom is -0.467 e. The summed E-state index contributed by atoms with van der Waals surface area (Å²) >= 11 is 0. The molecule has 0 atom stereocenters. The van der Waals surface area contributed by atoms with Gasteiger partial charge in [0.15, 0.2) is 0 Å². The van der Waals surface area contributed by atoms with Crippen molar-refractivity contribution in [2.45, 2.75) is 40.2 Å². The Bertz CT molecular complexity index is 1290. The van der Waals surface area contributed by atoms with Crippen LogP contribution in [0.3, 0.4) is 0 Å². The number of carbonyl (C=O) groups excluding carboxylic acids is 1. The highest BCUT2D eigenvalue weighted by Gasteiger charge is 2.11. The number of rotatable bonds is 8. The van der Waals surface area contributed by atoms with Crippen LogP contribution in [0.5, 0.6) is 0 Å². The number of aromatic nitrogens is 2. The molecule has 164 valence electrons. The highest BCUT2D eigenvalue weighted by atomic mass is 16.5. The van der Waals surface area contributed by atoms with Crippen LogP contribution in [0.4, 0.5) is 0 Å². The van der Waals surface area contributed by atoms with E-state index in [1.165, 1.54) is 0 Å². The Kier molecular flexibility index (Phi) is 6.47. The highest BCUT2D eigenvalue weighted by Crippen LogP contribution is 2.14. The van der Waals surface area contributed by atoms with E-state index in [-0.39, 0.29) is 11.5 Å². The van der Waals surface area contributed by atoms with Gasteiger partial charge in [-0.05, 0) is 55.3 Å². The van der Waals surface area contributed by atoms with E-state index in [4.69, 9.17) is 9.15 Å². The van der Waals surface area contributed by atoms with Crippen LogP contribution in [0.1, 0.15) is 39.9 Å². The van der Waals surface area contributed by atoms with Crippen LogP contribution in [0.15, 0.2) is 70.1 Å². The van der Waals surface area contributed by atoms with Gasteiger partial charge in [-0.2, -0.15) is 0 Å². The maximum absolute atomic E-state index is 12.7. The van der Waals surface area contributed by atoms with Gasteiger partial charge in [0.25, 0.3) is 11.5 Å². The number of furan rings is 1. The third-order valence-corrected chi connectivity index (χ3v) is 5.23. The number of fused-ring (bicyclic) bond motifs is 1. The van der Waals surface area contributed by atoms with E-state index in [2.05, 4.69) is 10.3 Å². The van der Waals surface area contributed by atoms with Crippen molar-refractivity contribution in [1.29, 1.82) is 0 Å². The lowest BCUT2D eigenvalue weighted by molar-refractivity contribution is 0.0928. The summed E-state index contributed by atoms with van der Waals surface area (Å²) in [5, 5.41) is 2.95. The maximum Gasteiger partial charge on any atom is 0.272 e. The van der Waals surface area contributed by atoms with Gasteiger partial charge in [-0.1, -0.05) is 24.3 Å². The van der Waals surface area contributed by atoms with Crippen molar-refractivity contribution in [3.05, 3.63) is 99.4 Å². The fourth-order valence-electron chi connectivity index (χ4n) is 3.61. The molecule has 2 heterocycles. The van der Waals surface area contributed by atoms with E-state index in [1.807, 2.05) is 43.3 Å². The van der Waals surface area contributed by atoms with E-state index < -0.39 is 0 Å². The monoisotopic (exact) mass is 431 g/mol. The van der Waals surface area contributed by atoms with Gasteiger partial charge in [-0.3, -0.25) is 9.59 Å². The molecule has 0 radical (unpaired) electrons. The third-order valence-electron chi connectivity index (χ3n) is 5.23. The second kappa shape index (κ2) is 9.62. The molecule has 0 saturated heterocycles. The van der Waals surface area contributed by atoms with E-state index in [1.54, 1.807) is 36.0 Å².